The average molecular weight is 575 g/mol. The first kappa shape index (κ1) is 30.6. The van der Waals surface area contributed by atoms with E-state index in [0.717, 1.165) is 29.5 Å². The number of carboxylic acid groups (broad SMARTS) is 1. The van der Waals surface area contributed by atoms with Crippen LogP contribution in [0.3, 0.4) is 0 Å². The van der Waals surface area contributed by atoms with Crippen molar-refractivity contribution in [2.75, 3.05) is 26.4 Å². The third-order valence-electron chi connectivity index (χ3n) is 7.77. The molecule has 41 heavy (non-hydrogen) atoms. The average Bonchev–Trinajstić information content (AvgIpc) is 3.75. The third-order valence-corrected chi connectivity index (χ3v) is 7.77. The number of hydrogen-bond acceptors (Lipinski definition) is 5. The minimum absolute atomic E-state index is 0.0918. The van der Waals surface area contributed by atoms with Crippen molar-refractivity contribution < 1.29 is 37.7 Å². The van der Waals surface area contributed by atoms with Gasteiger partial charge < -0.3 is 29.5 Å². The summed E-state index contributed by atoms with van der Waals surface area (Å²) in [5.41, 5.74) is 0.675. The number of urea groups is 1. The number of nitrogens with zero attached hydrogens (tertiary/aromatic N) is 1. The van der Waals surface area contributed by atoms with Crippen molar-refractivity contribution in [2.45, 2.75) is 82.9 Å². The van der Waals surface area contributed by atoms with Gasteiger partial charge in [-0.2, -0.15) is 0 Å². The van der Waals surface area contributed by atoms with Crippen LogP contribution in [0.25, 0.3) is 0 Å². The fourth-order valence-electron chi connectivity index (χ4n) is 5.39. The maximum atomic E-state index is 13.8. The summed E-state index contributed by atoms with van der Waals surface area (Å²) in [7, 11) is 0. The van der Waals surface area contributed by atoms with Crippen molar-refractivity contribution >= 4 is 12.0 Å². The summed E-state index contributed by atoms with van der Waals surface area (Å²) in [4.78, 5) is 27.0. The summed E-state index contributed by atoms with van der Waals surface area (Å²) in [6.07, 6.45) is -0.0717. The molecule has 2 amide bonds. The molecule has 0 aromatic heterocycles. The van der Waals surface area contributed by atoms with Crippen LogP contribution < -0.4 is 14.8 Å². The van der Waals surface area contributed by atoms with Crippen molar-refractivity contribution in [3.8, 4) is 11.5 Å². The second-order valence-corrected chi connectivity index (χ2v) is 10.9. The van der Waals surface area contributed by atoms with Crippen molar-refractivity contribution in [3.63, 3.8) is 0 Å². The van der Waals surface area contributed by atoms with Crippen LogP contribution in [0.4, 0.5) is 13.6 Å². The number of carbonyl (C=O) groups is 2. The van der Waals surface area contributed by atoms with Crippen LogP contribution in [0.2, 0.25) is 0 Å². The third kappa shape index (κ3) is 7.09. The maximum absolute atomic E-state index is 13.8. The fourth-order valence-corrected chi connectivity index (χ4v) is 5.39. The molecule has 2 N–H and O–H groups in total. The topological polar surface area (TPSA) is 97.3 Å². The van der Waals surface area contributed by atoms with E-state index in [1.807, 2.05) is 63.2 Å². The molecule has 0 saturated heterocycles. The Morgan fingerprint density at radius 1 is 1.02 bits per heavy atom. The van der Waals surface area contributed by atoms with Gasteiger partial charge in [0.25, 0.3) is 5.92 Å². The summed E-state index contributed by atoms with van der Waals surface area (Å²) in [5, 5.41) is 12.1. The first-order valence-corrected chi connectivity index (χ1v) is 14.3. The van der Waals surface area contributed by atoms with Gasteiger partial charge in [0.2, 0.25) is 0 Å². The van der Waals surface area contributed by atoms with E-state index in [0.29, 0.717) is 30.6 Å². The number of amides is 2. The van der Waals surface area contributed by atoms with E-state index in [1.165, 1.54) is 4.90 Å². The highest BCUT2D eigenvalue weighted by atomic mass is 19.3. The minimum Gasteiger partial charge on any atom is -0.493 e. The molecule has 2 aromatic carbocycles. The molecule has 224 valence electrons. The molecule has 10 heteroatoms. The molecule has 0 radical (unpaired) electrons. The molecule has 2 aliphatic carbocycles. The Morgan fingerprint density at radius 2 is 1.61 bits per heavy atom. The lowest BCUT2D eigenvalue weighted by molar-refractivity contribution is -0.175. The van der Waals surface area contributed by atoms with Gasteiger partial charge in [-0.3, -0.25) is 0 Å². The highest BCUT2D eigenvalue weighted by molar-refractivity contribution is 5.88. The summed E-state index contributed by atoms with van der Waals surface area (Å²) in [6.45, 7) is 8.64. The van der Waals surface area contributed by atoms with Crippen molar-refractivity contribution in [1.29, 1.82) is 0 Å². The number of alkyl halides is 2. The Balaban J connectivity index is 1.61. The highest BCUT2D eigenvalue weighted by Crippen LogP contribution is 2.50. The van der Waals surface area contributed by atoms with Gasteiger partial charge in [-0.05, 0) is 69.7 Å². The van der Waals surface area contributed by atoms with Gasteiger partial charge in [-0.25, -0.2) is 18.4 Å². The van der Waals surface area contributed by atoms with Crippen LogP contribution >= 0.6 is 0 Å². The molecule has 2 aromatic rings. The number of carbonyl (C=O) groups excluding carboxylic acids is 1. The van der Waals surface area contributed by atoms with Crippen LogP contribution in [0.15, 0.2) is 42.5 Å². The monoisotopic (exact) mass is 574 g/mol. The van der Waals surface area contributed by atoms with Crippen LogP contribution in [0, 0.1) is 0 Å². The van der Waals surface area contributed by atoms with Crippen LogP contribution in [0.5, 0.6) is 11.5 Å². The molecule has 4 rings (SSSR count). The maximum Gasteiger partial charge on any atom is 0.329 e. The van der Waals surface area contributed by atoms with E-state index in [9.17, 15) is 23.5 Å². The largest absolute Gasteiger partial charge is 0.493 e. The smallest absolute Gasteiger partial charge is 0.329 e. The second-order valence-electron chi connectivity index (χ2n) is 10.9. The molecular weight excluding hydrogens is 534 g/mol. The number of hydrogen-bond donors (Lipinski definition) is 2. The van der Waals surface area contributed by atoms with Gasteiger partial charge >= 0.3 is 12.0 Å². The number of aliphatic carboxylic acids is 1. The van der Waals surface area contributed by atoms with E-state index >= 15 is 0 Å². The fraction of sp³-hybridized carbons (Fsp3) is 0.548. The van der Waals surface area contributed by atoms with Gasteiger partial charge in [0.15, 0.2) is 5.54 Å². The number of benzene rings is 2. The first-order valence-electron chi connectivity index (χ1n) is 14.3. The Labute approximate surface area is 240 Å². The van der Waals surface area contributed by atoms with Crippen LogP contribution in [-0.4, -0.2) is 59.8 Å². The number of nitrogens with one attached hydrogen (secondary N) is 1. The molecule has 2 atom stereocenters. The minimum atomic E-state index is -3.15. The molecule has 2 saturated carbocycles. The molecule has 2 aliphatic rings. The van der Waals surface area contributed by atoms with Gasteiger partial charge in [0.05, 0.1) is 32.0 Å². The summed E-state index contributed by atoms with van der Waals surface area (Å²) in [6, 6.07) is 12.1. The Morgan fingerprint density at radius 3 is 2.10 bits per heavy atom. The zero-order valence-corrected chi connectivity index (χ0v) is 24.1. The Kier molecular flexibility index (Phi) is 9.41. The number of carboxylic acids is 1. The summed E-state index contributed by atoms with van der Waals surface area (Å²) >= 11 is 0. The van der Waals surface area contributed by atoms with Gasteiger partial charge in [0, 0.05) is 24.9 Å². The number of rotatable bonds is 14. The molecule has 0 bridgehead atoms. The second kappa shape index (κ2) is 12.6. The van der Waals surface area contributed by atoms with E-state index in [-0.39, 0.29) is 19.3 Å². The molecule has 0 unspecified atom stereocenters. The van der Waals surface area contributed by atoms with Crippen LogP contribution in [0.1, 0.15) is 88.1 Å². The molecule has 0 aliphatic heterocycles. The lowest BCUT2D eigenvalue weighted by atomic mass is 9.73. The number of ether oxygens (including phenoxy) is 3. The van der Waals surface area contributed by atoms with E-state index < -0.39 is 42.3 Å². The van der Waals surface area contributed by atoms with E-state index in [4.69, 9.17) is 14.2 Å². The molecular formula is C31H40F2N2O6. The predicted octanol–water partition coefficient (Wildman–Crippen LogP) is 6.46. The Hall–Kier alpha value is -3.40. The molecule has 0 heterocycles. The van der Waals surface area contributed by atoms with Gasteiger partial charge in [0.1, 0.15) is 11.5 Å². The highest BCUT2D eigenvalue weighted by Gasteiger charge is 2.62. The lowest BCUT2D eigenvalue weighted by Crippen LogP contribution is -2.68. The first-order chi connectivity index (χ1) is 19.5. The zero-order valence-electron chi connectivity index (χ0n) is 24.1. The molecule has 2 fully saturated rings. The van der Waals surface area contributed by atoms with E-state index in [1.54, 1.807) is 6.92 Å². The predicted molar refractivity (Wildman–Crippen MR) is 150 cm³/mol. The lowest BCUT2D eigenvalue weighted by Gasteiger charge is -2.45. The standard InChI is InChI=1S/C31H40F2N2O6/c1-5-39-25-16-24(17-26(40-6-2)27(25)23-12-13-23)20(3)35(14-15-41-21(4)22-10-8-7-9-11-22)29(38)34-30(28(36)37)18-31(32,33)19-30/h7-11,16-17,20-21,23H,5-6,12-15,18-19H2,1-4H3,(H,34,38)(H,36,37)/t20-,21-/m1/s1. The van der Waals surface area contributed by atoms with Gasteiger partial charge in [-0.1, -0.05) is 30.3 Å². The van der Waals surface area contributed by atoms with E-state index in [2.05, 4.69) is 5.32 Å². The van der Waals surface area contributed by atoms with Crippen molar-refractivity contribution in [3.05, 3.63) is 59.2 Å². The molecule has 0 spiro atoms. The van der Waals surface area contributed by atoms with Crippen molar-refractivity contribution in [1.82, 2.24) is 10.2 Å². The quantitative estimate of drug-likeness (QED) is 0.269. The summed E-state index contributed by atoms with van der Waals surface area (Å²) in [5.74, 6) is -2.89. The normalized spacial score (nSPS) is 18.5. The zero-order chi connectivity index (χ0) is 29.8. The van der Waals surface area contributed by atoms with Crippen LogP contribution in [-0.2, 0) is 9.53 Å². The molecule has 8 nitrogen and oxygen atoms in total. The number of halogens is 2. The Bertz CT molecular complexity index is 1190. The van der Waals surface area contributed by atoms with Crippen molar-refractivity contribution in [2.24, 2.45) is 0 Å². The summed E-state index contributed by atoms with van der Waals surface area (Å²) < 4.78 is 45.6. The SMILES string of the molecule is CCOc1cc([C@@H](C)N(CCO[C@H](C)c2ccccc2)C(=O)NC2(C(=O)O)CC(F)(F)C2)cc(OCC)c1C1CC1. The van der Waals surface area contributed by atoms with Gasteiger partial charge in [-0.15, -0.1) is 0 Å².